The summed E-state index contributed by atoms with van der Waals surface area (Å²) in [5.74, 6) is 0. The molecule has 0 spiro atoms. The lowest BCUT2D eigenvalue weighted by atomic mass is 9.99. The fraction of sp³-hybridized carbons (Fsp3) is 0.130. The van der Waals surface area contributed by atoms with Gasteiger partial charge in [0.2, 0.25) is 0 Å². The van der Waals surface area contributed by atoms with Gasteiger partial charge in [-0.2, -0.15) is 0 Å². The van der Waals surface area contributed by atoms with E-state index in [-0.39, 0.29) is 0 Å². The molecule has 3 aromatic rings. The molecule has 126 valence electrons. The van der Waals surface area contributed by atoms with Crippen LogP contribution in [0.15, 0.2) is 70.6 Å². The molecule has 3 aromatic carbocycles. The van der Waals surface area contributed by atoms with Gasteiger partial charge in [0.1, 0.15) is 0 Å². The first-order valence-electron chi connectivity index (χ1n) is 8.89. The Kier molecular flexibility index (Phi) is 3.29. The second kappa shape index (κ2) is 5.67. The summed E-state index contributed by atoms with van der Waals surface area (Å²) in [6.07, 6.45) is 1.77. The molecule has 3 nitrogen and oxygen atoms in total. The first-order chi connectivity index (χ1) is 12.7. The van der Waals surface area contributed by atoms with E-state index in [1.165, 1.54) is 22.3 Å². The van der Waals surface area contributed by atoms with Crippen molar-refractivity contribution in [3.8, 4) is 0 Å². The van der Waals surface area contributed by atoms with Crippen LogP contribution in [-0.4, -0.2) is 11.4 Å². The van der Waals surface area contributed by atoms with Gasteiger partial charge in [-0.05, 0) is 52.9 Å². The molecule has 0 amide bonds. The summed E-state index contributed by atoms with van der Waals surface area (Å²) >= 11 is 0. The fourth-order valence-corrected chi connectivity index (χ4v) is 3.68. The van der Waals surface area contributed by atoms with E-state index in [0.29, 0.717) is 0 Å². The van der Waals surface area contributed by atoms with Crippen molar-refractivity contribution in [3.05, 3.63) is 88.5 Å². The van der Waals surface area contributed by atoms with Gasteiger partial charge in [0, 0.05) is 18.5 Å². The zero-order valence-electron chi connectivity index (χ0n) is 14.7. The summed E-state index contributed by atoms with van der Waals surface area (Å²) < 4.78 is 0. The van der Waals surface area contributed by atoms with Gasteiger partial charge < -0.3 is 5.73 Å². The van der Waals surface area contributed by atoms with Crippen LogP contribution in [0.25, 0.3) is 0 Å². The Labute approximate surface area is 152 Å². The highest BCUT2D eigenvalue weighted by Crippen LogP contribution is 2.32. The minimum Gasteiger partial charge on any atom is -0.399 e. The van der Waals surface area contributed by atoms with E-state index in [2.05, 4.69) is 55.5 Å². The van der Waals surface area contributed by atoms with E-state index in [1.54, 1.807) is 0 Å². The summed E-state index contributed by atoms with van der Waals surface area (Å²) in [5.41, 5.74) is 17.1. The lowest BCUT2D eigenvalue weighted by Crippen LogP contribution is -2.03. The molecule has 2 N–H and O–H groups in total. The molecule has 0 saturated carbocycles. The minimum absolute atomic E-state index is 0.762. The normalized spacial score (nSPS) is 14.7. The molecule has 0 aromatic heterocycles. The Morgan fingerprint density at radius 3 is 1.85 bits per heavy atom. The monoisotopic (exact) mass is 337 g/mol. The summed E-state index contributed by atoms with van der Waals surface area (Å²) in [4.78, 5) is 9.58. The van der Waals surface area contributed by atoms with Gasteiger partial charge in [0.05, 0.1) is 22.8 Å². The van der Waals surface area contributed by atoms with Crippen molar-refractivity contribution in [2.24, 2.45) is 9.98 Å². The molecule has 26 heavy (non-hydrogen) atoms. The van der Waals surface area contributed by atoms with Crippen molar-refractivity contribution >= 4 is 28.5 Å². The van der Waals surface area contributed by atoms with Crippen LogP contribution in [0.5, 0.6) is 0 Å². The third-order valence-corrected chi connectivity index (χ3v) is 5.13. The van der Waals surface area contributed by atoms with Crippen LogP contribution >= 0.6 is 0 Å². The van der Waals surface area contributed by atoms with E-state index >= 15 is 0 Å². The predicted octanol–water partition coefficient (Wildman–Crippen LogP) is 4.93. The van der Waals surface area contributed by atoms with Crippen LogP contribution in [0, 0.1) is 6.92 Å². The van der Waals surface area contributed by atoms with Crippen molar-refractivity contribution in [2.45, 2.75) is 19.8 Å². The lowest BCUT2D eigenvalue weighted by molar-refractivity contribution is 1.35. The molecule has 0 aliphatic carbocycles. The zero-order valence-corrected chi connectivity index (χ0v) is 14.7. The smallest absolute Gasteiger partial charge is 0.0689 e. The number of benzene rings is 3. The number of aliphatic imine (C=N–C) groups is 2. The van der Waals surface area contributed by atoms with Crippen molar-refractivity contribution in [1.29, 1.82) is 0 Å². The fourth-order valence-electron chi connectivity index (χ4n) is 3.68. The van der Waals surface area contributed by atoms with Gasteiger partial charge in [-0.25, -0.2) is 0 Å². The molecule has 0 fully saturated rings. The Bertz CT molecular complexity index is 1000. The Balaban J connectivity index is 1.41. The van der Waals surface area contributed by atoms with Crippen molar-refractivity contribution in [1.82, 2.24) is 0 Å². The van der Waals surface area contributed by atoms with Gasteiger partial charge >= 0.3 is 0 Å². The van der Waals surface area contributed by atoms with Crippen molar-refractivity contribution < 1.29 is 0 Å². The lowest BCUT2D eigenvalue weighted by Gasteiger charge is -2.04. The third-order valence-electron chi connectivity index (χ3n) is 5.13. The number of nitrogens with two attached hydrogens (primary N) is 1. The maximum absolute atomic E-state index is 5.87. The maximum Gasteiger partial charge on any atom is 0.0689 e. The van der Waals surface area contributed by atoms with E-state index in [0.717, 1.165) is 46.9 Å². The summed E-state index contributed by atoms with van der Waals surface area (Å²) in [7, 11) is 0. The van der Waals surface area contributed by atoms with E-state index in [4.69, 9.17) is 15.7 Å². The van der Waals surface area contributed by atoms with Crippen LogP contribution < -0.4 is 5.73 Å². The van der Waals surface area contributed by atoms with E-state index in [1.807, 2.05) is 12.1 Å². The highest BCUT2D eigenvalue weighted by atomic mass is 14.8. The molecule has 2 aliphatic heterocycles. The summed E-state index contributed by atoms with van der Waals surface area (Å²) in [5, 5.41) is 0. The number of hydrogen-bond acceptors (Lipinski definition) is 3. The predicted molar refractivity (Wildman–Crippen MR) is 108 cm³/mol. The topological polar surface area (TPSA) is 50.7 Å². The second-order valence-corrected chi connectivity index (χ2v) is 7.07. The largest absolute Gasteiger partial charge is 0.399 e. The highest BCUT2D eigenvalue weighted by molar-refractivity contribution is 6.09. The van der Waals surface area contributed by atoms with Gasteiger partial charge in [-0.1, -0.05) is 42.5 Å². The number of hydrogen-bond donors (Lipinski definition) is 1. The van der Waals surface area contributed by atoms with E-state index in [9.17, 15) is 0 Å². The SMILES string of the molecule is Cc1ccc2c(c1)N=C(c1ccc(C3=Nc4cc(N)ccc4C3)cc1)C2. The molecular formula is C23H19N3. The Morgan fingerprint density at radius 2 is 1.23 bits per heavy atom. The first-order valence-corrected chi connectivity index (χ1v) is 8.89. The number of aryl methyl sites for hydroxylation is 1. The Hall–Kier alpha value is -3.20. The summed E-state index contributed by atoms with van der Waals surface area (Å²) in [6.45, 7) is 2.11. The molecule has 0 bridgehead atoms. The average Bonchev–Trinajstić information content (AvgIpc) is 3.25. The van der Waals surface area contributed by atoms with Crippen LogP contribution in [0.3, 0.4) is 0 Å². The van der Waals surface area contributed by atoms with Gasteiger partial charge in [0.25, 0.3) is 0 Å². The molecular weight excluding hydrogens is 318 g/mol. The molecule has 2 heterocycles. The zero-order chi connectivity index (χ0) is 17.7. The van der Waals surface area contributed by atoms with Crippen molar-refractivity contribution in [2.75, 3.05) is 5.73 Å². The average molecular weight is 337 g/mol. The maximum atomic E-state index is 5.87. The molecule has 0 atom stereocenters. The molecule has 0 radical (unpaired) electrons. The van der Waals surface area contributed by atoms with Gasteiger partial charge in [-0.3, -0.25) is 9.98 Å². The van der Waals surface area contributed by atoms with Crippen LogP contribution in [0.1, 0.15) is 27.8 Å². The number of fused-ring (bicyclic) bond motifs is 2. The molecule has 3 heteroatoms. The number of anilines is 1. The molecule has 0 unspecified atom stereocenters. The first kappa shape index (κ1) is 15.1. The Morgan fingerprint density at radius 1 is 0.692 bits per heavy atom. The number of rotatable bonds is 2. The quantitative estimate of drug-likeness (QED) is 0.662. The van der Waals surface area contributed by atoms with Gasteiger partial charge in [-0.15, -0.1) is 0 Å². The minimum atomic E-state index is 0.762. The summed E-state index contributed by atoms with van der Waals surface area (Å²) in [6, 6.07) is 21.1. The molecule has 5 rings (SSSR count). The van der Waals surface area contributed by atoms with Gasteiger partial charge in [0.15, 0.2) is 0 Å². The third kappa shape index (κ3) is 2.53. The molecule has 0 saturated heterocycles. The van der Waals surface area contributed by atoms with Crippen LogP contribution in [0.4, 0.5) is 17.1 Å². The van der Waals surface area contributed by atoms with Crippen LogP contribution in [0.2, 0.25) is 0 Å². The number of nitrogen functional groups attached to an aromatic ring is 1. The van der Waals surface area contributed by atoms with Crippen LogP contribution in [-0.2, 0) is 12.8 Å². The molecule has 2 aliphatic rings. The second-order valence-electron chi connectivity index (χ2n) is 7.07. The van der Waals surface area contributed by atoms with Crippen molar-refractivity contribution in [3.63, 3.8) is 0 Å². The van der Waals surface area contributed by atoms with E-state index < -0.39 is 0 Å². The standard InChI is InChI=1S/C23H19N3/c1-14-2-3-17-11-21(25-20(17)10-14)15-4-6-16(7-5-15)22-12-18-8-9-19(24)13-23(18)26-22/h2-10,13H,11-12,24H2,1H3. The highest BCUT2D eigenvalue weighted by Gasteiger charge is 2.18. The number of nitrogens with zero attached hydrogens (tertiary/aromatic N) is 2.